The number of piperidine rings is 1. The van der Waals surface area contributed by atoms with Gasteiger partial charge in [-0.25, -0.2) is 0 Å². The molecule has 3 heterocycles. The molecule has 0 saturated carbocycles. The van der Waals surface area contributed by atoms with Gasteiger partial charge < -0.3 is 14.6 Å². The van der Waals surface area contributed by atoms with Gasteiger partial charge in [-0.05, 0) is 45.0 Å². The van der Waals surface area contributed by atoms with Gasteiger partial charge in [-0.15, -0.1) is 0 Å². The fourth-order valence-electron chi connectivity index (χ4n) is 4.04. The first-order valence-electron chi connectivity index (χ1n) is 9.15. The van der Waals surface area contributed by atoms with Crippen molar-refractivity contribution in [2.24, 2.45) is 0 Å². The lowest BCUT2D eigenvalue weighted by molar-refractivity contribution is -0.208. The maximum atomic E-state index is 12.7. The minimum atomic E-state index is -4.03. The van der Waals surface area contributed by atoms with E-state index in [1.807, 2.05) is 6.92 Å². The third kappa shape index (κ3) is 3.42. The highest BCUT2D eigenvalue weighted by Crippen LogP contribution is 2.35. The molecule has 0 aliphatic carbocycles. The Bertz CT molecular complexity index is 731. The van der Waals surface area contributed by atoms with Gasteiger partial charge in [0.25, 0.3) is 10.1 Å². The SMILES string of the molecule is Cc1ccc(S(=O)(=O)O[C@H]2[C@H]3OC[C@H](O3)[C@@H](N3CCCCC3)[C@@H]2O)cc1. The van der Waals surface area contributed by atoms with E-state index in [0.717, 1.165) is 31.5 Å². The number of fused-ring (bicyclic) bond motifs is 2. The summed E-state index contributed by atoms with van der Waals surface area (Å²) in [5.41, 5.74) is 0.956. The number of aliphatic hydroxyl groups is 1. The average Bonchev–Trinajstić information content (AvgIpc) is 3.06. The maximum absolute atomic E-state index is 12.7. The molecular formula is C18H25NO6S. The molecular weight excluding hydrogens is 358 g/mol. The van der Waals surface area contributed by atoms with Crippen molar-refractivity contribution in [3.05, 3.63) is 29.8 Å². The summed E-state index contributed by atoms with van der Waals surface area (Å²) < 4.78 is 42.1. The van der Waals surface area contributed by atoms with Gasteiger partial charge in [0.15, 0.2) is 12.4 Å². The van der Waals surface area contributed by atoms with Crippen LogP contribution in [0.4, 0.5) is 0 Å². The van der Waals surface area contributed by atoms with Gasteiger partial charge in [0, 0.05) is 0 Å². The van der Waals surface area contributed by atoms with Gasteiger partial charge >= 0.3 is 0 Å². The van der Waals surface area contributed by atoms with E-state index in [4.69, 9.17) is 13.7 Å². The summed E-state index contributed by atoms with van der Waals surface area (Å²) in [6, 6.07) is 6.11. The molecule has 0 radical (unpaired) electrons. The predicted octanol–water partition coefficient (Wildman–Crippen LogP) is 1.04. The van der Waals surface area contributed by atoms with Crippen molar-refractivity contribution in [1.29, 1.82) is 0 Å². The Morgan fingerprint density at radius 1 is 1.15 bits per heavy atom. The zero-order valence-corrected chi connectivity index (χ0v) is 15.6. The number of aliphatic hydroxyl groups excluding tert-OH is 1. The second-order valence-corrected chi connectivity index (χ2v) is 8.85. The highest BCUT2D eigenvalue weighted by Gasteiger charge is 2.54. The summed E-state index contributed by atoms with van der Waals surface area (Å²) in [6.07, 6.45) is 0.116. The largest absolute Gasteiger partial charge is 0.388 e. The number of likely N-dealkylation sites (tertiary alicyclic amines) is 1. The molecule has 8 heteroatoms. The van der Waals surface area contributed by atoms with Crippen LogP contribution in [-0.2, 0) is 23.8 Å². The molecule has 3 aliphatic rings. The number of hydrogen-bond donors (Lipinski definition) is 1. The fraction of sp³-hybridized carbons (Fsp3) is 0.667. The molecule has 26 heavy (non-hydrogen) atoms. The normalized spacial score (nSPS) is 35.5. The number of hydrogen-bond acceptors (Lipinski definition) is 7. The Labute approximate surface area is 154 Å². The molecule has 144 valence electrons. The minimum Gasteiger partial charge on any atom is -0.388 e. The molecule has 5 atom stereocenters. The van der Waals surface area contributed by atoms with E-state index in [1.165, 1.54) is 18.6 Å². The predicted molar refractivity (Wildman–Crippen MR) is 93.1 cm³/mol. The summed E-state index contributed by atoms with van der Waals surface area (Å²) in [4.78, 5) is 2.24. The molecule has 4 rings (SSSR count). The van der Waals surface area contributed by atoms with Crippen molar-refractivity contribution < 1.29 is 27.2 Å². The van der Waals surface area contributed by atoms with Gasteiger partial charge in [0.2, 0.25) is 0 Å². The first-order chi connectivity index (χ1) is 12.5. The van der Waals surface area contributed by atoms with E-state index in [-0.39, 0.29) is 17.0 Å². The van der Waals surface area contributed by atoms with Crippen LogP contribution in [0.2, 0.25) is 0 Å². The van der Waals surface area contributed by atoms with Crippen LogP contribution >= 0.6 is 0 Å². The molecule has 3 aliphatic heterocycles. The number of nitrogens with zero attached hydrogens (tertiary/aromatic N) is 1. The lowest BCUT2D eigenvalue weighted by Crippen LogP contribution is -2.62. The third-order valence-corrected chi connectivity index (χ3v) is 6.75. The van der Waals surface area contributed by atoms with Crippen LogP contribution in [0.15, 0.2) is 29.2 Å². The van der Waals surface area contributed by atoms with E-state index in [2.05, 4.69) is 4.90 Å². The summed E-state index contributed by atoms with van der Waals surface area (Å²) in [6.45, 7) is 3.95. The van der Waals surface area contributed by atoms with Crippen molar-refractivity contribution >= 4 is 10.1 Å². The topological polar surface area (TPSA) is 85.3 Å². The monoisotopic (exact) mass is 383 g/mol. The third-order valence-electron chi connectivity index (χ3n) is 5.43. The second-order valence-electron chi connectivity index (χ2n) is 7.28. The maximum Gasteiger partial charge on any atom is 0.297 e. The first-order valence-corrected chi connectivity index (χ1v) is 10.6. The van der Waals surface area contributed by atoms with Gasteiger partial charge in [0.1, 0.15) is 12.2 Å². The molecule has 0 spiro atoms. The van der Waals surface area contributed by atoms with E-state index in [9.17, 15) is 13.5 Å². The first kappa shape index (κ1) is 18.3. The molecule has 0 amide bonds. The van der Waals surface area contributed by atoms with Crippen molar-refractivity contribution in [2.45, 2.75) is 61.7 Å². The Kier molecular flexibility index (Phi) is 5.06. The molecule has 1 aromatic carbocycles. The second kappa shape index (κ2) is 7.18. The number of ether oxygens (including phenoxy) is 2. The Morgan fingerprint density at radius 3 is 2.54 bits per heavy atom. The molecule has 3 fully saturated rings. The van der Waals surface area contributed by atoms with Crippen molar-refractivity contribution in [3.8, 4) is 0 Å². The lowest BCUT2D eigenvalue weighted by Gasteiger charge is -2.44. The smallest absolute Gasteiger partial charge is 0.297 e. The van der Waals surface area contributed by atoms with Crippen LogP contribution < -0.4 is 0 Å². The fourth-order valence-corrected chi connectivity index (χ4v) is 5.12. The minimum absolute atomic E-state index is 0.0601. The van der Waals surface area contributed by atoms with Crippen LogP contribution in [0.3, 0.4) is 0 Å². The Hall–Kier alpha value is -1.03. The lowest BCUT2D eigenvalue weighted by atomic mass is 9.94. The van der Waals surface area contributed by atoms with Gasteiger partial charge in [-0.2, -0.15) is 8.42 Å². The van der Waals surface area contributed by atoms with Crippen LogP contribution in [-0.4, -0.2) is 68.8 Å². The highest BCUT2D eigenvalue weighted by atomic mass is 32.2. The van der Waals surface area contributed by atoms with Crippen LogP contribution in [0, 0.1) is 6.92 Å². The van der Waals surface area contributed by atoms with Crippen molar-refractivity contribution in [3.63, 3.8) is 0 Å². The van der Waals surface area contributed by atoms with Crippen LogP contribution in [0.25, 0.3) is 0 Å². The van der Waals surface area contributed by atoms with Crippen LogP contribution in [0.1, 0.15) is 24.8 Å². The molecule has 1 N–H and O–H groups in total. The zero-order chi connectivity index (χ0) is 18.3. The van der Waals surface area contributed by atoms with Gasteiger partial charge in [0.05, 0.1) is 17.5 Å². The van der Waals surface area contributed by atoms with Crippen molar-refractivity contribution in [1.82, 2.24) is 4.90 Å². The molecule has 2 bridgehead atoms. The molecule has 7 nitrogen and oxygen atoms in total. The van der Waals surface area contributed by atoms with Gasteiger partial charge in [-0.3, -0.25) is 9.08 Å². The molecule has 0 unspecified atom stereocenters. The average molecular weight is 383 g/mol. The quantitative estimate of drug-likeness (QED) is 0.778. The van der Waals surface area contributed by atoms with Crippen molar-refractivity contribution in [2.75, 3.05) is 19.7 Å². The molecule has 1 aromatic rings. The Morgan fingerprint density at radius 2 is 1.85 bits per heavy atom. The van der Waals surface area contributed by atoms with E-state index in [0.29, 0.717) is 6.61 Å². The number of rotatable bonds is 4. The summed E-state index contributed by atoms with van der Waals surface area (Å²) in [5.74, 6) is 0. The summed E-state index contributed by atoms with van der Waals surface area (Å²) in [7, 11) is -4.03. The number of aryl methyl sites for hydroxylation is 1. The van der Waals surface area contributed by atoms with Crippen LogP contribution in [0.5, 0.6) is 0 Å². The summed E-state index contributed by atoms with van der Waals surface area (Å²) in [5, 5.41) is 10.9. The molecule has 3 saturated heterocycles. The standard InChI is InChI=1S/C18H25NO6S/c1-12-5-7-13(8-6-12)26(21,22)25-17-16(20)15(14-11-23-18(17)24-14)19-9-3-2-4-10-19/h5-8,14-18,20H,2-4,9-11H2,1H3/t14-,15+,16-,17+,18-/m0/s1. The number of benzene rings is 1. The van der Waals surface area contributed by atoms with E-state index >= 15 is 0 Å². The van der Waals surface area contributed by atoms with E-state index < -0.39 is 28.6 Å². The summed E-state index contributed by atoms with van der Waals surface area (Å²) >= 11 is 0. The zero-order valence-electron chi connectivity index (χ0n) is 14.8. The highest BCUT2D eigenvalue weighted by molar-refractivity contribution is 7.86. The molecule has 0 aromatic heterocycles. The Balaban J connectivity index is 1.56. The van der Waals surface area contributed by atoms with E-state index in [1.54, 1.807) is 12.1 Å². The van der Waals surface area contributed by atoms with Gasteiger partial charge in [-0.1, -0.05) is 24.1 Å².